The third-order valence-electron chi connectivity index (χ3n) is 3.50. The van der Waals surface area contributed by atoms with Crippen LogP contribution in [0.1, 0.15) is 12.0 Å². The van der Waals surface area contributed by atoms with E-state index < -0.39 is 0 Å². The van der Waals surface area contributed by atoms with Crippen molar-refractivity contribution in [3.8, 4) is 5.75 Å². The summed E-state index contributed by atoms with van der Waals surface area (Å²) in [6.07, 6.45) is 1.13. The van der Waals surface area contributed by atoms with Gasteiger partial charge < -0.3 is 20.1 Å². The van der Waals surface area contributed by atoms with Crippen molar-refractivity contribution in [1.29, 1.82) is 0 Å². The molecule has 19 heavy (non-hydrogen) atoms. The van der Waals surface area contributed by atoms with Crippen molar-refractivity contribution in [2.75, 3.05) is 38.8 Å². The maximum atomic E-state index is 5.81. The Labute approximate surface area is 119 Å². The number of hydrogen-bond acceptors (Lipinski definition) is 4. The summed E-state index contributed by atoms with van der Waals surface area (Å²) in [5, 5.41) is 0. The molecule has 0 aliphatic carbocycles. The molecule has 0 radical (unpaired) electrons. The first-order valence-corrected chi connectivity index (χ1v) is 6.78. The summed E-state index contributed by atoms with van der Waals surface area (Å²) in [4.78, 5) is 2.73. The second kappa shape index (κ2) is 6.21. The van der Waals surface area contributed by atoms with Crippen molar-refractivity contribution < 1.29 is 9.47 Å². The fourth-order valence-corrected chi connectivity index (χ4v) is 2.70. The van der Waals surface area contributed by atoms with Crippen LogP contribution >= 0.6 is 12.2 Å². The number of anilines is 1. The van der Waals surface area contributed by atoms with Gasteiger partial charge in [0.1, 0.15) is 10.7 Å². The van der Waals surface area contributed by atoms with Crippen LogP contribution in [0.4, 0.5) is 5.69 Å². The SMILES string of the molecule is COCC1CCN(c2cc(OC)ccc2C(N)=S)C1. The second-order valence-corrected chi connectivity index (χ2v) is 5.24. The average molecular weight is 280 g/mol. The molecule has 1 aliphatic rings. The molecule has 5 heteroatoms. The maximum absolute atomic E-state index is 5.81. The first-order chi connectivity index (χ1) is 9.15. The Balaban J connectivity index is 2.25. The monoisotopic (exact) mass is 280 g/mol. The number of hydrogen-bond donors (Lipinski definition) is 1. The summed E-state index contributed by atoms with van der Waals surface area (Å²) in [7, 11) is 3.41. The molecule has 1 atom stereocenters. The molecule has 0 saturated carbocycles. The lowest BCUT2D eigenvalue weighted by molar-refractivity contribution is 0.161. The van der Waals surface area contributed by atoms with Gasteiger partial charge in [0, 0.05) is 37.7 Å². The predicted octanol–water partition coefficient (Wildman–Crippen LogP) is 1.80. The van der Waals surface area contributed by atoms with Gasteiger partial charge in [-0.05, 0) is 18.6 Å². The maximum Gasteiger partial charge on any atom is 0.120 e. The predicted molar refractivity (Wildman–Crippen MR) is 81.1 cm³/mol. The van der Waals surface area contributed by atoms with Gasteiger partial charge in [-0.2, -0.15) is 0 Å². The molecule has 0 aromatic heterocycles. The number of thiocarbonyl (C=S) groups is 1. The van der Waals surface area contributed by atoms with E-state index in [1.54, 1.807) is 14.2 Å². The molecular weight excluding hydrogens is 260 g/mol. The molecule has 2 rings (SSSR count). The average Bonchev–Trinajstić information content (AvgIpc) is 2.87. The zero-order chi connectivity index (χ0) is 13.8. The van der Waals surface area contributed by atoms with E-state index in [4.69, 9.17) is 27.4 Å². The van der Waals surface area contributed by atoms with Crippen LogP contribution in [-0.2, 0) is 4.74 Å². The van der Waals surface area contributed by atoms with E-state index in [1.807, 2.05) is 18.2 Å². The lowest BCUT2D eigenvalue weighted by atomic mass is 10.1. The van der Waals surface area contributed by atoms with Gasteiger partial charge in [0.2, 0.25) is 0 Å². The van der Waals surface area contributed by atoms with Crippen molar-refractivity contribution in [2.45, 2.75) is 6.42 Å². The van der Waals surface area contributed by atoms with Gasteiger partial charge >= 0.3 is 0 Å². The van der Waals surface area contributed by atoms with E-state index >= 15 is 0 Å². The van der Waals surface area contributed by atoms with Gasteiger partial charge in [-0.1, -0.05) is 12.2 Å². The lowest BCUT2D eigenvalue weighted by Crippen LogP contribution is -2.24. The molecule has 1 saturated heterocycles. The van der Waals surface area contributed by atoms with E-state index in [-0.39, 0.29) is 0 Å². The van der Waals surface area contributed by atoms with Crippen LogP contribution < -0.4 is 15.4 Å². The summed E-state index contributed by atoms with van der Waals surface area (Å²) in [5.41, 5.74) is 7.78. The fraction of sp³-hybridized carbons (Fsp3) is 0.500. The lowest BCUT2D eigenvalue weighted by Gasteiger charge is -2.22. The molecule has 0 amide bonds. The Bertz CT molecular complexity index is 465. The molecule has 0 bridgehead atoms. The van der Waals surface area contributed by atoms with Crippen LogP contribution in [0.25, 0.3) is 0 Å². The minimum atomic E-state index is 0.424. The van der Waals surface area contributed by atoms with Crippen LogP contribution in [0.15, 0.2) is 18.2 Å². The molecule has 1 aromatic carbocycles. The third kappa shape index (κ3) is 3.16. The molecule has 4 nitrogen and oxygen atoms in total. The largest absolute Gasteiger partial charge is 0.497 e. The molecule has 1 unspecified atom stereocenters. The molecule has 1 aliphatic heterocycles. The van der Waals surface area contributed by atoms with Crippen molar-refractivity contribution in [3.63, 3.8) is 0 Å². The number of ether oxygens (including phenoxy) is 2. The highest BCUT2D eigenvalue weighted by Crippen LogP contribution is 2.30. The van der Waals surface area contributed by atoms with Crippen LogP contribution in [-0.4, -0.2) is 38.9 Å². The highest BCUT2D eigenvalue weighted by molar-refractivity contribution is 7.80. The van der Waals surface area contributed by atoms with Crippen molar-refractivity contribution >= 4 is 22.9 Å². The van der Waals surface area contributed by atoms with E-state index in [9.17, 15) is 0 Å². The molecule has 2 N–H and O–H groups in total. The molecule has 0 spiro atoms. The first-order valence-electron chi connectivity index (χ1n) is 6.37. The Morgan fingerprint density at radius 1 is 1.47 bits per heavy atom. The van der Waals surface area contributed by atoms with Gasteiger partial charge in [0.05, 0.1) is 19.4 Å². The smallest absolute Gasteiger partial charge is 0.120 e. The quantitative estimate of drug-likeness (QED) is 0.834. The van der Waals surface area contributed by atoms with Crippen LogP contribution in [0, 0.1) is 5.92 Å². The summed E-state index contributed by atoms with van der Waals surface area (Å²) in [5.74, 6) is 1.39. The number of benzene rings is 1. The van der Waals surface area contributed by atoms with Crippen molar-refractivity contribution in [2.24, 2.45) is 11.7 Å². The van der Waals surface area contributed by atoms with E-state index in [0.717, 1.165) is 43.1 Å². The Hall–Kier alpha value is -1.33. The summed E-state index contributed by atoms with van der Waals surface area (Å²) in [6, 6.07) is 5.82. The second-order valence-electron chi connectivity index (χ2n) is 4.80. The molecule has 104 valence electrons. The Morgan fingerprint density at radius 3 is 2.89 bits per heavy atom. The van der Waals surface area contributed by atoms with E-state index in [2.05, 4.69) is 4.90 Å². The highest BCUT2D eigenvalue weighted by Gasteiger charge is 2.25. The van der Waals surface area contributed by atoms with Gasteiger partial charge in [-0.3, -0.25) is 0 Å². The molecule has 1 heterocycles. The standard InChI is InChI=1S/C14H20N2O2S/c1-17-9-10-5-6-16(8-10)13-7-11(18-2)3-4-12(13)14(15)19/h3-4,7,10H,5-6,8-9H2,1-2H3,(H2,15,19). The number of nitrogens with two attached hydrogens (primary N) is 1. The van der Waals surface area contributed by atoms with E-state index in [0.29, 0.717) is 10.9 Å². The number of rotatable bonds is 5. The van der Waals surface area contributed by atoms with Crippen molar-refractivity contribution in [1.82, 2.24) is 0 Å². The van der Waals surface area contributed by atoms with Gasteiger partial charge in [0.25, 0.3) is 0 Å². The topological polar surface area (TPSA) is 47.7 Å². The zero-order valence-corrected chi connectivity index (χ0v) is 12.2. The van der Waals surface area contributed by atoms with Gasteiger partial charge in [0.15, 0.2) is 0 Å². The summed E-state index contributed by atoms with van der Waals surface area (Å²) < 4.78 is 10.5. The summed E-state index contributed by atoms with van der Waals surface area (Å²) >= 11 is 5.13. The van der Waals surface area contributed by atoms with Gasteiger partial charge in [-0.25, -0.2) is 0 Å². The normalized spacial score (nSPS) is 18.6. The third-order valence-corrected chi connectivity index (χ3v) is 3.72. The Kier molecular flexibility index (Phi) is 4.61. The van der Waals surface area contributed by atoms with Crippen LogP contribution in [0.3, 0.4) is 0 Å². The Morgan fingerprint density at radius 2 is 2.26 bits per heavy atom. The fourth-order valence-electron chi connectivity index (χ4n) is 2.53. The number of nitrogens with zero attached hydrogens (tertiary/aromatic N) is 1. The molecule has 1 aromatic rings. The van der Waals surface area contributed by atoms with Crippen LogP contribution in [0.2, 0.25) is 0 Å². The molecule has 1 fully saturated rings. The van der Waals surface area contributed by atoms with E-state index in [1.165, 1.54) is 0 Å². The minimum absolute atomic E-state index is 0.424. The molecular formula is C14H20N2O2S. The summed E-state index contributed by atoms with van der Waals surface area (Å²) in [6.45, 7) is 2.76. The van der Waals surface area contributed by atoms with Crippen molar-refractivity contribution in [3.05, 3.63) is 23.8 Å². The zero-order valence-electron chi connectivity index (χ0n) is 11.4. The number of methoxy groups -OCH3 is 2. The van der Waals surface area contributed by atoms with Crippen LogP contribution in [0.5, 0.6) is 5.75 Å². The highest BCUT2D eigenvalue weighted by atomic mass is 32.1. The minimum Gasteiger partial charge on any atom is -0.497 e. The van der Waals surface area contributed by atoms with Gasteiger partial charge in [-0.15, -0.1) is 0 Å². The first kappa shape index (κ1) is 14.1.